The van der Waals surface area contributed by atoms with Gasteiger partial charge in [-0.05, 0) is 38.9 Å². The van der Waals surface area contributed by atoms with Crippen LogP contribution in [0.2, 0.25) is 5.02 Å². The molecule has 1 fully saturated rings. The van der Waals surface area contributed by atoms with Gasteiger partial charge in [-0.25, -0.2) is 4.39 Å². The van der Waals surface area contributed by atoms with E-state index in [1.807, 2.05) is 13.8 Å². The molecule has 5 heteroatoms. The van der Waals surface area contributed by atoms with Crippen LogP contribution < -0.4 is 10.1 Å². The Kier molecular flexibility index (Phi) is 5.64. The highest BCUT2D eigenvalue weighted by Crippen LogP contribution is 2.29. The van der Waals surface area contributed by atoms with Crippen molar-refractivity contribution in [2.24, 2.45) is 5.92 Å². The maximum atomic E-state index is 13.5. The lowest BCUT2D eigenvalue weighted by Gasteiger charge is -2.25. The van der Waals surface area contributed by atoms with Crippen LogP contribution in [-0.4, -0.2) is 31.9 Å². The van der Waals surface area contributed by atoms with Crippen LogP contribution in [0.15, 0.2) is 18.2 Å². The van der Waals surface area contributed by atoms with Crippen LogP contribution in [0.25, 0.3) is 0 Å². The Bertz CT molecular complexity index is 436. The summed E-state index contributed by atoms with van der Waals surface area (Å²) >= 11 is 5.95. The van der Waals surface area contributed by atoms with Gasteiger partial charge in [0.25, 0.3) is 0 Å². The standard InChI is InChI=1S/C15H21ClFNO2/c1-10(2)19-9-14(11-6-7-18-8-11)20-13-5-3-4-12(17)15(13)16/h3-5,10-11,14,18H,6-9H2,1-2H3/t11-,14-/m1/s1. The first-order valence-electron chi connectivity index (χ1n) is 7.01. The first kappa shape index (κ1) is 15.5. The fourth-order valence-electron chi connectivity index (χ4n) is 2.29. The molecule has 1 aliphatic rings. The zero-order valence-corrected chi connectivity index (χ0v) is 12.6. The van der Waals surface area contributed by atoms with Crippen molar-refractivity contribution in [2.75, 3.05) is 19.7 Å². The second kappa shape index (κ2) is 7.25. The summed E-state index contributed by atoms with van der Waals surface area (Å²) in [5.41, 5.74) is 0. The maximum absolute atomic E-state index is 13.5. The molecular formula is C15H21ClFNO2. The molecule has 1 aromatic carbocycles. The molecule has 0 amide bonds. The number of hydrogen-bond acceptors (Lipinski definition) is 3. The fourth-order valence-corrected chi connectivity index (χ4v) is 2.46. The van der Waals surface area contributed by atoms with Gasteiger partial charge in [0, 0.05) is 12.5 Å². The monoisotopic (exact) mass is 301 g/mol. The molecular weight excluding hydrogens is 281 g/mol. The number of ether oxygens (including phenoxy) is 2. The number of rotatable bonds is 6. The Morgan fingerprint density at radius 3 is 2.90 bits per heavy atom. The number of hydrogen-bond donors (Lipinski definition) is 1. The third-order valence-electron chi connectivity index (χ3n) is 3.41. The molecule has 2 rings (SSSR count). The van der Waals surface area contributed by atoms with Crippen LogP contribution in [-0.2, 0) is 4.74 Å². The van der Waals surface area contributed by atoms with Crippen LogP contribution in [0, 0.1) is 11.7 Å². The summed E-state index contributed by atoms with van der Waals surface area (Å²) in [6.45, 7) is 6.32. The van der Waals surface area contributed by atoms with Crippen LogP contribution >= 0.6 is 11.6 Å². The summed E-state index contributed by atoms with van der Waals surface area (Å²) in [7, 11) is 0. The predicted molar refractivity (Wildman–Crippen MR) is 77.9 cm³/mol. The first-order chi connectivity index (χ1) is 9.58. The summed E-state index contributed by atoms with van der Waals surface area (Å²) in [5.74, 6) is 0.279. The molecule has 0 bridgehead atoms. The van der Waals surface area contributed by atoms with Crippen molar-refractivity contribution in [2.45, 2.75) is 32.5 Å². The Balaban J connectivity index is 2.07. The van der Waals surface area contributed by atoms with E-state index in [9.17, 15) is 4.39 Å². The third kappa shape index (κ3) is 4.08. The molecule has 1 saturated heterocycles. The highest BCUT2D eigenvalue weighted by atomic mass is 35.5. The zero-order chi connectivity index (χ0) is 14.5. The number of benzene rings is 1. The van der Waals surface area contributed by atoms with Gasteiger partial charge in [0.15, 0.2) is 0 Å². The van der Waals surface area contributed by atoms with Crippen molar-refractivity contribution in [3.63, 3.8) is 0 Å². The van der Waals surface area contributed by atoms with Crippen molar-refractivity contribution in [1.82, 2.24) is 5.32 Å². The van der Waals surface area contributed by atoms with Gasteiger partial charge in [0.2, 0.25) is 0 Å². The Morgan fingerprint density at radius 1 is 1.45 bits per heavy atom. The molecule has 1 heterocycles. The molecule has 2 atom stereocenters. The van der Waals surface area contributed by atoms with Crippen molar-refractivity contribution >= 4 is 11.6 Å². The quantitative estimate of drug-likeness (QED) is 0.875. The minimum Gasteiger partial charge on any atom is -0.486 e. The van der Waals surface area contributed by atoms with Gasteiger partial charge >= 0.3 is 0 Å². The van der Waals surface area contributed by atoms with E-state index < -0.39 is 5.82 Å². The lowest BCUT2D eigenvalue weighted by Crippen LogP contribution is -2.34. The number of nitrogens with one attached hydrogen (secondary N) is 1. The molecule has 0 radical (unpaired) electrons. The molecule has 112 valence electrons. The third-order valence-corrected chi connectivity index (χ3v) is 3.78. The molecule has 0 aliphatic carbocycles. The molecule has 20 heavy (non-hydrogen) atoms. The molecule has 0 unspecified atom stereocenters. The van der Waals surface area contributed by atoms with E-state index in [-0.39, 0.29) is 17.2 Å². The largest absolute Gasteiger partial charge is 0.486 e. The second-order valence-electron chi connectivity index (χ2n) is 5.34. The fraction of sp³-hybridized carbons (Fsp3) is 0.600. The lowest BCUT2D eigenvalue weighted by atomic mass is 10.0. The van der Waals surface area contributed by atoms with E-state index in [2.05, 4.69) is 5.32 Å². The van der Waals surface area contributed by atoms with Crippen LogP contribution in [0.1, 0.15) is 20.3 Å². The van der Waals surface area contributed by atoms with Crippen molar-refractivity contribution in [3.05, 3.63) is 29.0 Å². The van der Waals surface area contributed by atoms with Crippen molar-refractivity contribution in [1.29, 1.82) is 0 Å². The first-order valence-corrected chi connectivity index (χ1v) is 7.38. The van der Waals surface area contributed by atoms with Gasteiger partial charge < -0.3 is 14.8 Å². The molecule has 1 aromatic rings. The van der Waals surface area contributed by atoms with Gasteiger partial charge in [0.1, 0.15) is 22.7 Å². The van der Waals surface area contributed by atoms with E-state index >= 15 is 0 Å². The van der Waals surface area contributed by atoms with Crippen molar-refractivity contribution < 1.29 is 13.9 Å². The minimum atomic E-state index is -0.461. The summed E-state index contributed by atoms with van der Waals surface area (Å²) in [4.78, 5) is 0. The molecule has 0 aromatic heterocycles. The Labute approximate surface area is 124 Å². The molecule has 1 N–H and O–H groups in total. The summed E-state index contributed by atoms with van der Waals surface area (Å²) in [6.07, 6.45) is 1.05. The average Bonchev–Trinajstić information content (AvgIpc) is 2.93. The predicted octanol–water partition coefficient (Wildman–Crippen LogP) is 3.26. The van der Waals surface area contributed by atoms with E-state index in [0.29, 0.717) is 18.3 Å². The van der Waals surface area contributed by atoms with E-state index in [1.54, 1.807) is 12.1 Å². The van der Waals surface area contributed by atoms with Crippen LogP contribution in [0.5, 0.6) is 5.75 Å². The average molecular weight is 302 g/mol. The lowest BCUT2D eigenvalue weighted by molar-refractivity contribution is -0.00373. The molecule has 0 spiro atoms. The SMILES string of the molecule is CC(C)OC[C@@H](Oc1cccc(F)c1Cl)[C@@H]1CCNC1. The summed E-state index contributed by atoms with van der Waals surface area (Å²) < 4.78 is 25.1. The Hall–Kier alpha value is -0.840. The smallest absolute Gasteiger partial charge is 0.145 e. The molecule has 0 saturated carbocycles. The highest BCUT2D eigenvalue weighted by Gasteiger charge is 2.28. The highest BCUT2D eigenvalue weighted by molar-refractivity contribution is 6.32. The summed E-state index contributed by atoms with van der Waals surface area (Å²) in [5, 5.41) is 3.34. The molecule has 3 nitrogen and oxygen atoms in total. The zero-order valence-electron chi connectivity index (χ0n) is 11.9. The van der Waals surface area contributed by atoms with E-state index in [0.717, 1.165) is 19.5 Å². The second-order valence-corrected chi connectivity index (χ2v) is 5.72. The minimum absolute atomic E-state index is 0.0352. The topological polar surface area (TPSA) is 30.5 Å². The Morgan fingerprint density at radius 2 is 2.25 bits per heavy atom. The maximum Gasteiger partial charge on any atom is 0.145 e. The van der Waals surface area contributed by atoms with Crippen molar-refractivity contribution in [3.8, 4) is 5.75 Å². The molecule has 1 aliphatic heterocycles. The summed E-state index contributed by atoms with van der Waals surface area (Å²) in [6, 6.07) is 4.62. The van der Waals surface area contributed by atoms with E-state index in [4.69, 9.17) is 21.1 Å². The van der Waals surface area contributed by atoms with Gasteiger partial charge in [0.05, 0.1) is 12.7 Å². The van der Waals surface area contributed by atoms with E-state index in [1.165, 1.54) is 6.07 Å². The van der Waals surface area contributed by atoms with Gasteiger partial charge in [-0.2, -0.15) is 0 Å². The van der Waals surface area contributed by atoms with Gasteiger partial charge in [-0.15, -0.1) is 0 Å². The van der Waals surface area contributed by atoms with Crippen LogP contribution in [0.4, 0.5) is 4.39 Å². The normalized spacial score (nSPS) is 20.4. The number of halogens is 2. The van der Waals surface area contributed by atoms with Crippen LogP contribution in [0.3, 0.4) is 0 Å². The van der Waals surface area contributed by atoms with Gasteiger partial charge in [-0.1, -0.05) is 17.7 Å². The van der Waals surface area contributed by atoms with Gasteiger partial charge in [-0.3, -0.25) is 0 Å².